The second kappa shape index (κ2) is 6.32. The summed E-state index contributed by atoms with van der Waals surface area (Å²) in [6, 6.07) is 24.6. The molecule has 7 nitrogen and oxygen atoms in total. The highest BCUT2D eigenvalue weighted by Crippen LogP contribution is 2.33. The maximum absolute atomic E-state index is 5.07. The molecule has 0 bridgehead atoms. The Labute approximate surface area is 192 Å². The van der Waals surface area contributed by atoms with Gasteiger partial charge in [0.25, 0.3) is 0 Å². The van der Waals surface area contributed by atoms with Crippen LogP contribution in [0.1, 0.15) is 0 Å². The molecule has 0 aliphatic heterocycles. The Morgan fingerprint density at radius 3 is 2.12 bits per heavy atom. The maximum Gasteiger partial charge on any atom is 0.237 e. The first-order chi connectivity index (χ1) is 16.9. The number of fused-ring (bicyclic) bond motifs is 11. The van der Waals surface area contributed by atoms with Gasteiger partial charge in [-0.05, 0) is 35.0 Å². The summed E-state index contributed by atoms with van der Waals surface area (Å²) in [5, 5.41) is 4.12. The minimum Gasteiger partial charge on any atom is -0.276 e. The van der Waals surface area contributed by atoms with E-state index in [4.69, 9.17) is 15.0 Å². The van der Waals surface area contributed by atoms with E-state index in [0.29, 0.717) is 5.95 Å². The van der Waals surface area contributed by atoms with Gasteiger partial charge in [0.05, 0.1) is 22.1 Å². The van der Waals surface area contributed by atoms with Gasteiger partial charge in [-0.3, -0.25) is 4.40 Å². The first-order valence-corrected chi connectivity index (χ1v) is 11.0. The summed E-state index contributed by atoms with van der Waals surface area (Å²) in [7, 11) is 0. The van der Waals surface area contributed by atoms with Crippen LogP contribution in [0.15, 0.2) is 91.5 Å². The fourth-order valence-corrected chi connectivity index (χ4v) is 5.07. The molecule has 158 valence electrons. The third kappa shape index (κ3) is 2.17. The standard InChI is InChI=1S/C27H15N7/c1-2-8-17-16(7-1)18-13-28-15-30-24(18)25-19(17)14-29-26(32-25)34-23-12-6-5-11-22(23)33-21-10-4-3-9-20(21)31-27(33)34/h1-15H. The van der Waals surface area contributed by atoms with E-state index < -0.39 is 0 Å². The highest BCUT2D eigenvalue weighted by molar-refractivity contribution is 6.22. The van der Waals surface area contributed by atoms with Gasteiger partial charge in [-0.2, -0.15) is 0 Å². The minimum absolute atomic E-state index is 0.559. The van der Waals surface area contributed by atoms with Crippen LogP contribution in [0.3, 0.4) is 0 Å². The molecule has 0 amide bonds. The Bertz CT molecular complexity index is 2050. The predicted octanol–water partition coefficient (Wildman–Crippen LogP) is 5.47. The number of hydrogen-bond acceptors (Lipinski definition) is 5. The van der Waals surface area contributed by atoms with E-state index >= 15 is 0 Å². The molecular weight excluding hydrogens is 422 g/mol. The Kier molecular flexibility index (Phi) is 3.28. The number of imidazole rings is 2. The third-order valence-corrected chi connectivity index (χ3v) is 6.53. The number of para-hydroxylation sites is 4. The van der Waals surface area contributed by atoms with Gasteiger partial charge in [0.1, 0.15) is 17.4 Å². The van der Waals surface area contributed by atoms with Crippen molar-refractivity contribution < 1.29 is 0 Å². The molecule has 7 heteroatoms. The first-order valence-electron chi connectivity index (χ1n) is 11.0. The van der Waals surface area contributed by atoms with Crippen LogP contribution in [-0.2, 0) is 0 Å². The molecule has 0 aliphatic carbocycles. The highest BCUT2D eigenvalue weighted by Gasteiger charge is 2.19. The van der Waals surface area contributed by atoms with Crippen molar-refractivity contribution in [1.29, 1.82) is 0 Å². The van der Waals surface area contributed by atoms with E-state index in [9.17, 15) is 0 Å². The molecule has 4 heterocycles. The van der Waals surface area contributed by atoms with Gasteiger partial charge >= 0.3 is 0 Å². The lowest BCUT2D eigenvalue weighted by atomic mass is 10.0. The van der Waals surface area contributed by atoms with Crippen molar-refractivity contribution in [2.45, 2.75) is 0 Å². The van der Waals surface area contributed by atoms with Crippen molar-refractivity contribution in [2.24, 2.45) is 0 Å². The van der Waals surface area contributed by atoms with Crippen molar-refractivity contribution in [1.82, 2.24) is 33.9 Å². The number of nitrogens with zero attached hydrogens (tertiary/aromatic N) is 7. The molecule has 0 saturated carbocycles. The van der Waals surface area contributed by atoms with E-state index in [0.717, 1.165) is 60.4 Å². The lowest BCUT2D eigenvalue weighted by molar-refractivity contribution is 0.985. The summed E-state index contributed by atoms with van der Waals surface area (Å²) in [4.78, 5) is 23.7. The molecule has 0 spiro atoms. The maximum atomic E-state index is 5.07. The van der Waals surface area contributed by atoms with E-state index in [2.05, 4.69) is 44.7 Å². The summed E-state index contributed by atoms with van der Waals surface area (Å²) >= 11 is 0. The topological polar surface area (TPSA) is 73.8 Å². The van der Waals surface area contributed by atoms with Crippen LogP contribution in [-0.4, -0.2) is 33.9 Å². The quantitative estimate of drug-likeness (QED) is 0.318. The Balaban J connectivity index is 1.55. The van der Waals surface area contributed by atoms with E-state index in [1.54, 1.807) is 6.33 Å². The number of benzene rings is 4. The zero-order valence-corrected chi connectivity index (χ0v) is 17.8. The largest absolute Gasteiger partial charge is 0.276 e. The second-order valence-corrected chi connectivity index (χ2v) is 8.32. The van der Waals surface area contributed by atoms with Crippen LogP contribution in [0.5, 0.6) is 0 Å². The van der Waals surface area contributed by atoms with Gasteiger partial charge in [0.2, 0.25) is 11.7 Å². The lowest BCUT2D eigenvalue weighted by Crippen LogP contribution is -2.02. The fourth-order valence-electron chi connectivity index (χ4n) is 5.07. The molecule has 0 radical (unpaired) electrons. The lowest BCUT2D eigenvalue weighted by Gasteiger charge is -2.10. The molecule has 0 atom stereocenters. The molecular formula is C27H15N7. The highest BCUT2D eigenvalue weighted by atomic mass is 15.3. The van der Waals surface area contributed by atoms with Gasteiger partial charge in [-0.15, -0.1) is 0 Å². The van der Waals surface area contributed by atoms with E-state index in [1.165, 1.54) is 0 Å². The molecule has 0 unspecified atom stereocenters. The summed E-state index contributed by atoms with van der Waals surface area (Å²) in [5.74, 6) is 1.34. The normalized spacial score (nSPS) is 12.1. The molecule has 0 N–H and O–H groups in total. The van der Waals surface area contributed by atoms with Crippen molar-refractivity contribution in [2.75, 3.05) is 0 Å². The molecule has 0 fully saturated rings. The van der Waals surface area contributed by atoms with Gasteiger partial charge in [0, 0.05) is 23.2 Å². The molecule has 4 aromatic carbocycles. The van der Waals surface area contributed by atoms with Crippen LogP contribution >= 0.6 is 0 Å². The second-order valence-electron chi connectivity index (χ2n) is 8.32. The minimum atomic E-state index is 0.559. The summed E-state index contributed by atoms with van der Waals surface area (Å²) in [6.45, 7) is 0. The Morgan fingerprint density at radius 2 is 1.26 bits per heavy atom. The van der Waals surface area contributed by atoms with Crippen LogP contribution in [0.4, 0.5) is 0 Å². The van der Waals surface area contributed by atoms with Gasteiger partial charge < -0.3 is 0 Å². The molecule has 4 aromatic heterocycles. The molecule has 8 aromatic rings. The zero-order chi connectivity index (χ0) is 22.2. The van der Waals surface area contributed by atoms with E-state index in [-0.39, 0.29) is 0 Å². The Hall–Kier alpha value is -4.91. The van der Waals surface area contributed by atoms with Crippen molar-refractivity contribution >= 4 is 60.4 Å². The molecule has 8 rings (SSSR count). The molecule has 0 aliphatic rings. The number of hydrogen-bond donors (Lipinski definition) is 0. The summed E-state index contributed by atoms with van der Waals surface area (Å²) < 4.78 is 4.19. The number of rotatable bonds is 1. The summed E-state index contributed by atoms with van der Waals surface area (Å²) in [6.07, 6.45) is 5.33. The van der Waals surface area contributed by atoms with Crippen molar-refractivity contribution in [3.05, 3.63) is 91.5 Å². The monoisotopic (exact) mass is 437 g/mol. The van der Waals surface area contributed by atoms with E-state index in [1.807, 2.05) is 59.4 Å². The number of aromatic nitrogens is 7. The average Bonchev–Trinajstić information content (AvgIpc) is 3.43. The van der Waals surface area contributed by atoms with Gasteiger partial charge in [-0.1, -0.05) is 48.5 Å². The molecule has 34 heavy (non-hydrogen) atoms. The third-order valence-electron chi connectivity index (χ3n) is 6.53. The average molecular weight is 437 g/mol. The van der Waals surface area contributed by atoms with Gasteiger partial charge in [0.15, 0.2) is 0 Å². The van der Waals surface area contributed by atoms with Crippen LogP contribution in [0.25, 0.3) is 66.4 Å². The zero-order valence-electron chi connectivity index (χ0n) is 17.8. The fraction of sp³-hybridized carbons (Fsp3) is 0. The van der Waals surface area contributed by atoms with Crippen LogP contribution in [0, 0.1) is 0 Å². The van der Waals surface area contributed by atoms with Gasteiger partial charge in [-0.25, -0.2) is 29.5 Å². The van der Waals surface area contributed by atoms with Crippen molar-refractivity contribution in [3.8, 4) is 5.95 Å². The SMILES string of the molecule is c1ccc2c(c1)nc1n(-c3ncc4c5ccccc5c5cncnc5c4n3)c3ccccc3n21. The predicted molar refractivity (Wildman–Crippen MR) is 133 cm³/mol. The van der Waals surface area contributed by atoms with Crippen molar-refractivity contribution in [3.63, 3.8) is 0 Å². The van der Waals surface area contributed by atoms with Crippen LogP contribution in [0.2, 0.25) is 0 Å². The first kappa shape index (κ1) is 17.6. The smallest absolute Gasteiger partial charge is 0.237 e. The van der Waals surface area contributed by atoms with Crippen LogP contribution < -0.4 is 0 Å². The molecule has 0 saturated heterocycles. The Morgan fingerprint density at radius 1 is 0.559 bits per heavy atom. The summed E-state index contributed by atoms with van der Waals surface area (Å²) in [5.41, 5.74) is 5.65.